The molecule has 0 radical (unpaired) electrons. The Morgan fingerprint density at radius 3 is 2.69 bits per heavy atom. The summed E-state index contributed by atoms with van der Waals surface area (Å²) in [6.45, 7) is 1.48. The number of hydrogen-bond donors (Lipinski definition) is 0. The van der Waals surface area contributed by atoms with E-state index in [1.165, 1.54) is 10.6 Å². The van der Waals surface area contributed by atoms with Gasteiger partial charge in [0.05, 0.1) is 4.92 Å². The van der Waals surface area contributed by atoms with Crippen molar-refractivity contribution in [3.05, 3.63) is 62.6 Å². The van der Waals surface area contributed by atoms with Crippen LogP contribution in [0.25, 0.3) is 0 Å². The standard InChI is InChI=1S/C20H19N3O6/c24-19-15(23(26)27)6-5-14-13-7-12(9-22(14)19)8-21(10-13)20(25)18-11-28-16-3-1-2-4-17(16)29-18/h1-6,12-13,18H,7-11H2/t12-,13-,18?/m0/s1. The molecule has 9 heteroatoms. The fourth-order valence-corrected chi connectivity index (χ4v) is 4.60. The van der Waals surface area contributed by atoms with Crippen LogP contribution in [0.4, 0.5) is 5.69 Å². The summed E-state index contributed by atoms with van der Waals surface area (Å²) in [4.78, 5) is 37.8. The molecule has 1 aromatic heterocycles. The Morgan fingerprint density at radius 2 is 1.90 bits per heavy atom. The molecule has 0 spiro atoms. The number of hydrogen-bond acceptors (Lipinski definition) is 6. The fourth-order valence-electron chi connectivity index (χ4n) is 4.60. The van der Waals surface area contributed by atoms with Gasteiger partial charge in [0, 0.05) is 37.3 Å². The van der Waals surface area contributed by atoms with E-state index in [1.807, 2.05) is 12.1 Å². The maximum absolute atomic E-state index is 13.1. The van der Waals surface area contributed by atoms with Crippen molar-refractivity contribution >= 4 is 11.6 Å². The lowest BCUT2D eigenvalue weighted by Crippen LogP contribution is -2.54. The minimum Gasteiger partial charge on any atom is -0.485 e. The number of benzene rings is 1. The van der Waals surface area contributed by atoms with Crippen LogP contribution in [0, 0.1) is 16.0 Å². The van der Waals surface area contributed by atoms with E-state index in [0.717, 1.165) is 12.1 Å². The van der Waals surface area contributed by atoms with E-state index in [9.17, 15) is 19.7 Å². The second kappa shape index (κ2) is 6.61. The molecule has 3 atom stereocenters. The number of carbonyl (C=O) groups excluding carboxylic acids is 1. The van der Waals surface area contributed by atoms with Gasteiger partial charge >= 0.3 is 11.2 Å². The second-order valence-electron chi connectivity index (χ2n) is 7.72. The Hall–Kier alpha value is -3.36. The number of nitrogens with zero attached hydrogens (tertiary/aromatic N) is 3. The van der Waals surface area contributed by atoms with Gasteiger partial charge in [-0.1, -0.05) is 12.1 Å². The van der Waals surface area contributed by atoms with Gasteiger partial charge in [0.2, 0.25) is 6.10 Å². The van der Waals surface area contributed by atoms with E-state index in [-0.39, 0.29) is 24.3 Å². The van der Waals surface area contributed by atoms with Crippen LogP contribution in [0.15, 0.2) is 41.2 Å². The lowest BCUT2D eigenvalue weighted by molar-refractivity contribution is -0.386. The predicted molar refractivity (Wildman–Crippen MR) is 101 cm³/mol. The third-order valence-corrected chi connectivity index (χ3v) is 5.88. The van der Waals surface area contributed by atoms with Crippen LogP contribution in [0.5, 0.6) is 11.5 Å². The van der Waals surface area contributed by atoms with Crippen molar-refractivity contribution in [1.82, 2.24) is 9.47 Å². The number of pyridine rings is 1. The van der Waals surface area contributed by atoms with Gasteiger partial charge in [0.15, 0.2) is 11.5 Å². The molecule has 29 heavy (non-hydrogen) atoms. The van der Waals surface area contributed by atoms with E-state index >= 15 is 0 Å². The molecule has 3 aliphatic rings. The average Bonchev–Trinajstić information content (AvgIpc) is 2.73. The molecule has 2 bridgehead atoms. The molecule has 150 valence electrons. The highest BCUT2D eigenvalue weighted by atomic mass is 16.6. The summed E-state index contributed by atoms with van der Waals surface area (Å²) in [5.74, 6) is 1.09. The summed E-state index contributed by atoms with van der Waals surface area (Å²) in [7, 11) is 0. The molecule has 4 heterocycles. The third kappa shape index (κ3) is 2.93. The minimum atomic E-state index is -0.706. The van der Waals surface area contributed by atoms with Crippen molar-refractivity contribution in [3.8, 4) is 11.5 Å². The lowest BCUT2D eigenvalue weighted by atomic mass is 9.83. The number of fused-ring (bicyclic) bond motifs is 5. The van der Waals surface area contributed by atoms with Gasteiger partial charge < -0.3 is 18.9 Å². The van der Waals surface area contributed by atoms with Crippen LogP contribution in [-0.2, 0) is 11.3 Å². The monoisotopic (exact) mass is 397 g/mol. The fraction of sp³-hybridized carbons (Fsp3) is 0.400. The second-order valence-corrected chi connectivity index (χ2v) is 7.72. The van der Waals surface area contributed by atoms with Gasteiger partial charge in [-0.3, -0.25) is 19.7 Å². The number of amides is 1. The topological polar surface area (TPSA) is 104 Å². The van der Waals surface area contributed by atoms with Crippen LogP contribution < -0.4 is 15.0 Å². The van der Waals surface area contributed by atoms with Gasteiger partial charge in [-0.15, -0.1) is 0 Å². The van der Waals surface area contributed by atoms with Crippen molar-refractivity contribution in [2.24, 2.45) is 5.92 Å². The van der Waals surface area contributed by atoms with Crippen LogP contribution in [0.3, 0.4) is 0 Å². The molecule has 0 saturated carbocycles. The zero-order valence-electron chi connectivity index (χ0n) is 15.5. The minimum absolute atomic E-state index is 0.0308. The first-order valence-electron chi connectivity index (χ1n) is 9.56. The number of nitro groups is 1. The van der Waals surface area contributed by atoms with Gasteiger partial charge in [-0.05, 0) is 30.5 Å². The zero-order valence-corrected chi connectivity index (χ0v) is 15.5. The van der Waals surface area contributed by atoms with E-state index in [0.29, 0.717) is 31.1 Å². The molecule has 1 amide bonds. The number of rotatable bonds is 2. The van der Waals surface area contributed by atoms with Crippen molar-refractivity contribution in [1.29, 1.82) is 0 Å². The van der Waals surface area contributed by atoms with Crippen molar-refractivity contribution in [2.75, 3.05) is 19.7 Å². The maximum Gasteiger partial charge on any atom is 0.334 e. The highest BCUT2D eigenvalue weighted by Crippen LogP contribution is 2.37. The Morgan fingerprint density at radius 1 is 1.10 bits per heavy atom. The molecule has 0 N–H and O–H groups in total. The van der Waals surface area contributed by atoms with Gasteiger partial charge in [-0.25, -0.2) is 0 Å². The van der Waals surface area contributed by atoms with Crippen molar-refractivity contribution in [3.63, 3.8) is 0 Å². The largest absolute Gasteiger partial charge is 0.485 e. The zero-order chi connectivity index (χ0) is 20.1. The summed E-state index contributed by atoms with van der Waals surface area (Å²) in [5, 5.41) is 11.1. The molecule has 0 aliphatic carbocycles. The van der Waals surface area contributed by atoms with Crippen LogP contribution in [-0.4, -0.2) is 46.1 Å². The smallest absolute Gasteiger partial charge is 0.334 e. The van der Waals surface area contributed by atoms with Gasteiger partial charge in [0.1, 0.15) is 6.61 Å². The SMILES string of the molecule is O=C(C1COc2ccccc2O1)N1C[C@@H]2C[C@@H](C1)c1ccc([N+](=O)[O-])c(=O)n1C2. The summed E-state index contributed by atoms with van der Waals surface area (Å²) < 4.78 is 13.0. The highest BCUT2D eigenvalue weighted by molar-refractivity contribution is 5.82. The molecule has 1 fully saturated rings. The maximum atomic E-state index is 13.1. The molecule has 3 aliphatic heterocycles. The Labute approximate surface area is 165 Å². The summed E-state index contributed by atoms with van der Waals surface area (Å²) in [5.41, 5.74) is -0.226. The molecule has 1 aromatic carbocycles. The van der Waals surface area contributed by atoms with E-state index in [4.69, 9.17) is 9.47 Å². The number of aromatic nitrogens is 1. The van der Waals surface area contributed by atoms with Crippen LogP contribution in [0.2, 0.25) is 0 Å². The average molecular weight is 397 g/mol. The first-order valence-corrected chi connectivity index (χ1v) is 9.56. The number of para-hydroxylation sites is 2. The third-order valence-electron chi connectivity index (χ3n) is 5.88. The first kappa shape index (κ1) is 17.7. The summed E-state index contributed by atoms with van der Waals surface area (Å²) >= 11 is 0. The summed E-state index contributed by atoms with van der Waals surface area (Å²) in [6.07, 6.45) is 0.147. The molecule has 1 saturated heterocycles. The molecular weight excluding hydrogens is 378 g/mol. The Kier molecular flexibility index (Phi) is 4.04. The van der Waals surface area contributed by atoms with Crippen LogP contribution in [0.1, 0.15) is 18.0 Å². The van der Waals surface area contributed by atoms with Crippen LogP contribution >= 0.6 is 0 Å². The molecule has 9 nitrogen and oxygen atoms in total. The number of ether oxygens (including phenoxy) is 2. The van der Waals surface area contributed by atoms with Crippen molar-refractivity contribution in [2.45, 2.75) is 25.0 Å². The first-order chi connectivity index (χ1) is 14.0. The molecule has 1 unspecified atom stereocenters. The normalized spacial score (nSPS) is 24.6. The summed E-state index contributed by atoms with van der Waals surface area (Å²) in [6, 6.07) is 10.2. The highest BCUT2D eigenvalue weighted by Gasteiger charge is 2.40. The Balaban J connectivity index is 1.37. The van der Waals surface area contributed by atoms with E-state index in [2.05, 4.69) is 0 Å². The lowest BCUT2D eigenvalue weighted by Gasteiger charge is -2.43. The Bertz CT molecular complexity index is 1060. The number of likely N-dealkylation sites (tertiary alicyclic amines) is 1. The molecule has 2 aromatic rings. The van der Waals surface area contributed by atoms with E-state index in [1.54, 1.807) is 23.1 Å². The van der Waals surface area contributed by atoms with Gasteiger partial charge in [-0.2, -0.15) is 0 Å². The quantitative estimate of drug-likeness (QED) is 0.562. The molecular formula is C20H19N3O6. The van der Waals surface area contributed by atoms with Gasteiger partial charge in [0.25, 0.3) is 5.91 Å². The van der Waals surface area contributed by atoms with Crippen molar-refractivity contribution < 1.29 is 19.2 Å². The number of carbonyl (C=O) groups is 1. The number of piperidine rings is 1. The van der Waals surface area contributed by atoms with E-state index < -0.39 is 22.3 Å². The molecule has 5 rings (SSSR count). The predicted octanol–water partition coefficient (Wildman–Crippen LogP) is 1.54.